The first kappa shape index (κ1) is 14.5. The highest BCUT2D eigenvalue weighted by atomic mass is 16.2. The fourth-order valence-electron chi connectivity index (χ4n) is 3.42. The predicted octanol–water partition coefficient (Wildman–Crippen LogP) is 1.65. The van der Waals surface area contributed by atoms with Crippen LogP contribution in [0, 0.1) is 6.92 Å². The van der Waals surface area contributed by atoms with Crippen molar-refractivity contribution < 1.29 is 4.79 Å². The minimum absolute atomic E-state index is 0.0643. The number of H-pyrrole nitrogens is 1. The zero-order valence-corrected chi connectivity index (χ0v) is 12.8. The van der Waals surface area contributed by atoms with Gasteiger partial charge in [-0.3, -0.25) is 14.8 Å². The Morgan fingerprint density at radius 2 is 1.95 bits per heavy atom. The number of carbonyl (C=O) groups is 1. The molecule has 1 atom stereocenters. The monoisotopic (exact) mass is 291 g/mol. The van der Waals surface area contributed by atoms with Crippen molar-refractivity contribution in [3.05, 3.63) is 11.6 Å². The maximum absolute atomic E-state index is 12.6. The average molecular weight is 291 g/mol. The second kappa shape index (κ2) is 6.56. The van der Waals surface area contributed by atoms with Gasteiger partial charge in [-0.2, -0.15) is 5.10 Å². The summed E-state index contributed by atoms with van der Waals surface area (Å²) in [6.07, 6.45) is 7.06. The molecule has 0 aromatic carbocycles. The Labute approximate surface area is 125 Å². The topological polar surface area (TPSA) is 65.1 Å². The standard InChI is InChI=1S/C15H25N5O/c1-12-16-15(18-17-12)13-7-6-10-20(13)14(21)11-19-8-4-2-3-5-9-19/h13H,2-11H2,1H3,(H,16,17,18). The van der Waals surface area contributed by atoms with Crippen molar-refractivity contribution in [3.8, 4) is 0 Å². The van der Waals surface area contributed by atoms with E-state index in [9.17, 15) is 4.79 Å². The Hall–Kier alpha value is -1.43. The third-order valence-corrected chi connectivity index (χ3v) is 4.54. The lowest BCUT2D eigenvalue weighted by atomic mass is 10.2. The zero-order valence-electron chi connectivity index (χ0n) is 12.8. The van der Waals surface area contributed by atoms with E-state index < -0.39 is 0 Å². The Morgan fingerprint density at radius 1 is 1.19 bits per heavy atom. The second-order valence-electron chi connectivity index (χ2n) is 6.21. The van der Waals surface area contributed by atoms with Gasteiger partial charge in [-0.25, -0.2) is 4.98 Å². The van der Waals surface area contributed by atoms with Crippen molar-refractivity contribution in [2.75, 3.05) is 26.2 Å². The molecule has 0 saturated carbocycles. The number of aromatic amines is 1. The normalized spacial score (nSPS) is 24.2. The van der Waals surface area contributed by atoms with Gasteiger partial charge in [0.25, 0.3) is 0 Å². The van der Waals surface area contributed by atoms with Crippen LogP contribution in [-0.4, -0.2) is 57.1 Å². The van der Waals surface area contributed by atoms with Crippen LogP contribution in [0.1, 0.15) is 56.2 Å². The summed E-state index contributed by atoms with van der Waals surface area (Å²) in [5.41, 5.74) is 0. The van der Waals surface area contributed by atoms with Crippen molar-refractivity contribution in [1.29, 1.82) is 0 Å². The van der Waals surface area contributed by atoms with E-state index in [1.165, 1.54) is 25.7 Å². The number of nitrogens with one attached hydrogen (secondary N) is 1. The molecule has 0 spiro atoms. The molecule has 1 N–H and O–H groups in total. The fourth-order valence-corrected chi connectivity index (χ4v) is 3.42. The number of likely N-dealkylation sites (tertiary alicyclic amines) is 2. The summed E-state index contributed by atoms with van der Waals surface area (Å²) in [5.74, 6) is 1.83. The summed E-state index contributed by atoms with van der Waals surface area (Å²) in [5, 5.41) is 7.13. The molecule has 3 rings (SSSR count). The van der Waals surface area contributed by atoms with Crippen molar-refractivity contribution in [2.45, 2.75) is 51.5 Å². The van der Waals surface area contributed by atoms with Crippen LogP contribution in [0.2, 0.25) is 0 Å². The lowest BCUT2D eigenvalue weighted by molar-refractivity contribution is -0.133. The summed E-state index contributed by atoms with van der Waals surface area (Å²) < 4.78 is 0. The molecule has 2 saturated heterocycles. The molecule has 0 radical (unpaired) electrons. The molecular formula is C15H25N5O. The van der Waals surface area contributed by atoms with Crippen LogP contribution < -0.4 is 0 Å². The van der Waals surface area contributed by atoms with E-state index in [2.05, 4.69) is 20.1 Å². The predicted molar refractivity (Wildman–Crippen MR) is 79.7 cm³/mol. The molecule has 1 unspecified atom stereocenters. The van der Waals surface area contributed by atoms with Gasteiger partial charge in [0.15, 0.2) is 5.82 Å². The van der Waals surface area contributed by atoms with Gasteiger partial charge in [0.1, 0.15) is 5.82 Å². The van der Waals surface area contributed by atoms with Crippen LogP contribution in [0.25, 0.3) is 0 Å². The highest BCUT2D eigenvalue weighted by molar-refractivity contribution is 5.79. The minimum Gasteiger partial charge on any atom is -0.331 e. The van der Waals surface area contributed by atoms with Crippen LogP contribution in [-0.2, 0) is 4.79 Å². The summed E-state index contributed by atoms with van der Waals surface area (Å²) in [7, 11) is 0. The third-order valence-electron chi connectivity index (χ3n) is 4.54. The van der Waals surface area contributed by atoms with E-state index in [1.54, 1.807) is 0 Å². The fraction of sp³-hybridized carbons (Fsp3) is 0.800. The van der Waals surface area contributed by atoms with E-state index >= 15 is 0 Å². The van der Waals surface area contributed by atoms with E-state index in [4.69, 9.17) is 0 Å². The molecule has 0 bridgehead atoms. The van der Waals surface area contributed by atoms with Gasteiger partial charge in [0.2, 0.25) is 5.91 Å². The quantitative estimate of drug-likeness (QED) is 0.919. The second-order valence-corrected chi connectivity index (χ2v) is 6.21. The Morgan fingerprint density at radius 3 is 2.62 bits per heavy atom. The molecule has 6 nitrogen and oxygen atoms in total. The highest BCUT2D eigenvalue weighted by Gasteiger charge is 2.33. The van der Waals surface area contributed by atoms with Gasteiger partial charge in [0.05, 0.1) is 12.6 Å². The van der Waals surface area contributed by atoms with Gasteiger partial charge in [-0.1, -0.05) is 12.8 Å². The van der Waals surface area contributed by atoms with Gasteiger partial charge in [0, 0.05) is 6.54 Å². The number of carbonyl (C=O) groups excluding carboxylic acids is 1. The van der Waals surface area contributed by atoms with E-state index in [-0.39, 0.29) is 11.9 Å². The van der Waals surface area contributed by atoms with Gasteiger partial charge >= 0.3 is 0 Å². The van der Waals surface area contributed by atoms with Crippen LogP contribution in [0.15, 0.2) is 0 Å². The first-order valence-electron chi connectivity index (χ1n) is 8.15. The lowest BCUT2D eigenvalue weighted by Crippen LogP contribution is -2.40. The Kier molecular flexibility index (Phi) is 4.53. The minimum atomic E-state index is 0.0643. The first-order chi connectivity index (χ1) is 10.2. The number of hydrogen-bond donors (Lipinski definition) is 1. The molecule has 2 aliphatic heterocycles. The molecule has 21 heavy (non-hydrogen) atoms. The summed E-state index contributed by atoms with van der Waals surface area (Å²) in [6.45, 7) is 5.41. The van der Waals surface area contributed by atoms with Crippen LogP contribution in [0.4, 0.5) is 0 Å². The number of nitrogens with zero attached hydrogens (tertiary/aromatic N) is 4. The van der Waals surface area contributed by atoms with Crippen molar-refractivity contribution in [1.82, 2.24) is 25.0 Å². The zero-order chi connectivity index (χ0) is 14.7. The SMILES string of the molecule is Cc1nc(C2CCCN2C(=O)CN2CCCCCC2)n[nH]1. The van der Waals surface area contributed by atoms with Crippen molar-refractivity contribution in [2.24, 2.45) is 0 Å². The van der Waals surface area contributed by atoms with Crippen LogP contribution in [0.5, 0.6) is 0 Å². The molecule has 2 fully saturated rings. The Balaban J connectivity index is 1.62. The third kappa shape index (κ3) is 3.43. The highest BCUT2D eigenvalue weighted by Crippen LogP contribution is 2.29. The van der Waals surface area contributed by atoms with Gasteiger partial charge in [-0.15, -0.1) is 0 Å². The molecule has 1 aromatic rings. The summed E-state index contributed by atoms with van der Waals surface area (Å²) in [4.78, 5) is 21.3. The van der Waals surface area contributed by atoms with Crippen molar-refractivity contribution in [3.63, 3.8) is 0 Å². The first-order valence-corrected chi connectivity index (χ1v) is 8.15. The molecular weight excluding hydrogens is 266 g/mol. The molecule has 116 valence electrons. The van der Waals surface area contributed by atoms with Gasteiger partial charge in [-0.05, 0) is 45.7 Å². The molecule has 0 aliphatic carbocycles. The maximum Gasteiger partial charge on any atom is 0.237 e. The van der Waals surface area contributed by atoms with Crippen LogP contribution >= 0.6 is 0 Å². The van der Waals surface area contributed by atoms with E-state index in [0.29, 0.717) is 6.54 Å². The number of hydrogen-bond acceptors (Lipinski definition) is 4. The summed E-state index contributed by atoms with van der Waals surface area (Å²) in [6, 6.07) is 0.0643. The Bertz CT molecular complexity index is 478. The molecule has 6 heteroatoms. The molecule has 1 aromatic heterocycles. The number of amides is 1. The van der Waals surface area contributed by atoms with E-state index in [1.807, 2.05) is 11.8 Å². The molecule has 2 aliphatic rings. The van der Waals surface area contributed by atoms with Crippen molar-refractivity contribution >= 4 is 5.91 Å². The smallest absolute Gasteiger partial charge is 0.237 e. The number of rotatable bonds is 3. The number of aryl methyl sites for hydroxylation is 1. The largest absolute Gasteiger partial charge is 0.331 e. The average Bonchev–Trinajstić information content (AvgIpc) is 3.03. The lowest BCUT2D eigenvalue weighted by Gasteiger charge is -2.26. The van der Waals surface area contributed by atoms with E-state index in [0.717, 1.165) is 44.1 Å². The molecule has 1 amide bonds. The maximum atomic E-state index is 12.6. The van der Waals surface area contributed by atoms with Gasteiger partial charge < -0.3 is 4.90 Å². The summed E-state index contributed by atoms with van der Waals surface area (Å²) >= 11 is 0. The molecule has 3 heterocycles. The van der Waals surface area contributed by atoms with Crippen LogP contribution in [0.3, 0.4) is 0 Å². The number of aromatic nitrogens is 3.